The Morgan fingerprint density at radius 1 is 1.16 bits per heavy atom. The number of hydrogen-bond acceptors (Lipinski definition) is 3. The molecule has 1 heterocycles. The molecule has 3 heteroatoms. The average Bonchev–Trinajstić information content (AvgIpc) is 2.95. The molecule has 19 heavy (non-hydrogen) atoms. The summed E-state index contributed by atoms with van der Waals surface area (Å²) in [4.78, 5) is 8.82. The molecule has 1 N–H and O–H groups in total. The largest absolute Gasteiger partial charge is 0.363 e. The molecule has 3 nitrogen and oxygen atoms in total. The molecule has 0 spiro atoms. The van der Waals surface area contributed by atoms with E-state index in [9.17, 15) is 0 Å². The van der Waals surface area contributed by atoms with Gasteiger partial charge in [-0.2, -0.15) is 0 Å². The third-order valence-electron chi connectivity index (χ3n) is 3.80. The zero-order valence-electron chi connectivity index (χ0n) is 11.3. The minimum atomic E-state index is 0.320. The fraction of sp³-hybridized carbons (Fsp3) is 0.375. The molecule has 98 valence electrons. The van der Waals surface area contributed by atoms with E-state index >= 15 is 0 Å². The van der Waals surface area contributed by atoms with E-state index in [1.54, 1.807) is 6.33 Å². The van der Waals surface area contributed by atoms with Gasteiger partial charge < -0.3 is 5.32 Å². The quantitative estimate of drug-likeness (QED) is 0.905. The van der Waals surface area contributed by atoms with Crippen molar-refractivity contribution in [3.05, 3.63) is 53.5 Å². The molecular weight excluding hydrogens is 234 g/mol. The van der Waals surface area contributed by atoms with Crippen LogP contribution in [0.15, 0.2) is 36.7 Å². The summed E-state index contributed by atoms with van der Waals surface area (Å²) in [5.41, 5.74) is 3.85. The van der Waals surface area contributed by atoms with Gasteiger partial charge in [-0.1, -0.05) is 37.3 Å². The van der Waals surface area contributed by atoms with Crippen LogP contribution in [-0.2, 0) is 12.8 Å². The molecule has 0 saturated heterocycles. The smallest absolute Gasteiger partial charge is 0.133 e. The van der Waals surface area contributed by atoms with E-state index in [2.05, 4.69) is 52.5 Å². The number of aromatic nitrogens is 2. The van der Waals surface area contributed by atoms with E-state index in [1.165, 1.54) is 23.2 Å². The summed E-state index contributed by atoms with van der Waals surface area (Å²) in [7, 11) is 0. The summed E-state index contributed by atoms with van der Waals surface area (Å²) in [5, 5.41) is 3.59. The van der Waals surface area contributed by atoms with Crippen LogP contribution >= 0.6 is 0 Å². The number of rotatable bonds is 4. The lowest BCUT2D eigenvalue weighted by Gasteiger charge is -2.19. The molecule has 2 aromatic rings. The van der Waals surface area contributed by atoms with Gasteiger partial charge in [0.15, 0.2) is 0 Å². The van der Waals surface area contributed by atoms with Gasteiger partial charge in [-0.05, 0) is 31.2 Å². The Hall–Kier alpha value is -1.90. The third kappa shape index (κ3) is 2.46. The molecule has 1 aliphatic rings. The van der Waals surface area contributed by atoms with Crippen molar-refractivity contribution in [2.24, 2.45) is 0 Å². The van der Waals surface area contributed by atoms with Crippen LogP contribution in [0.3, 0.4) is 0 Å². The highest BCUT2D eigenvalue weighted by Gasteiger charge is 2.19. The van der Waals surface area contributed by atoms with Crippen molar-refractivity contribution in [3.8, 4) is 0 Å². The summed E-state index contributed by atoms with van der Waals surface area (Å²) in [6, 6.07) is 10.9. The summed E-state index contributed by atoms with van der Waals surface area (Å²) in [5.74, 6) is 1.03. The van der Waals surface area contributed by atoms with Gasteiger partial charge in [0.1, 0.15) is 12.1 Å². The van der Waals surface area contributed by atoms with Crippen LogP contribution < -0.4 is 5.32 Å². The van der Waals surface area contributed by atoms with Crippen LogP contribution in [0.2, 0.25) is 0 Å². The molecule has 1 aliphatic carbocycles. The number of aryl methyl sites for hydroxylation is 1. The molecule has 1 unspecified atom stereocenters. The standard InChI is InChI=1S/C16H19N3/c1-2-14(12-7-4-3-5-8-12)19-16-13-9-6-10-15(13)17-11-18-16/h3-5,7-8,11,14H,2,6,9-10H2,1H3,(H,17,18,19). The molecule has 0 saturated carbocycles. The summed E-state index contributed by atoms with van der Waals surface area (Å²) < 4.78 is 0. The summed E-state index contributed by atoms with van der Waals surface area (Å²) in [6.07, 6.45) is 6.12. The first-order valence-corrected chi connectivity index (χ1v) is 7.02. The maximum Gasteiger partial charge on any atom is 0.133 e. The summed E-state index contributed by atoms with van der Waals surface area (Å²) in [6.45, 7) is 2.20. The number of hydrogen-bond donors (Lipinski definition) is 1. The average molecular weight is 253 g/mol. The van der Waals surface area contributed by atoms with E-state index in [1.807, 2.05) is 0 Å². The van der Waals surface area contributed by atoms with Gasteiger partial charge in [-0.3, -0.25) is 0 Å². The monoisotopic (exact) mass is 253 g/mol. The van der Waals surface area contributed by atoms with Crippen LogP contribution in [-0.4, -0.2) is 9.97 Å². The maximum absolute atomic E-state index is 4.44. The molecule has 1 aromatic carbocycles. The van der Waals surface area contributed by atoms with Gasteiger partial charge in [0.05, 0.1) is 6.04 Å². The molecule has 0 fully saturated rings. The fourth-order valence-corrected chi connectivity index (χ4v) is 2.76. The van der Waals surface area contributed by atoms with Crippen LogP contribution in [0.25, 0.3) is 0 Å². The summed E-state index contributed by atoms with van der Waals surface area (Å²) >= 11 is 0. The minimum absolute atomic E-state index is 0.320. The highest BCUT2D eigenvalue weighted by atomic mass is 15.0. The van der Waals surface area contributed by atoms with E-state index in [4.69, 9.17) is 0 Å². The van der Waals surface area contributed by atoms with Gasteiger partial charge in [0.25, 0.3) is 0 Å². The van der Waals surface area contributed by atoms with Crippen LogP contribution in [0, 0.1) is 0 Å². The Bertz CT molecular complexity index is 551. The topological polar surface area (TPSA) is 37.8 Å². The lowest BCUT2D eigenvalue weighted by Crippen LogP contribution is -2.12. The highest BCUT2D eigenvalue weighted by Crippen LogP contribution is 2.28. The first kappa shape index (κ1) is 12.2. The highest BCUT2D eigenvalue weighted by molar-refractivity contribution is 5.49. The van der Waals surface area contributed by atoms with Gasteiger partial charge in [-0.15, -0.1) is 0 Å². The van der Waals surface area contributed by atoms with Crippen molar-refractivity contribution in [1.82, 2.24) is 9.97 Å². The second-order valence-corrected chi connectivity index (χ2v) is 5.02. The van der Waals surface area contributed by atoms with Crippen molar-refractivity contribution in [1.29, 1.82) is 0 Å². The second kappa shape index (κ2) is 5.39. The first-order valence-electron chi connectivity index (χ1n) is 7.02. The Kier molecular flexibility index (Phi) is 3.45. The Labute approximate surface area is 114 Å². The lowest BCUT2D eigenvalue weighted by atomic mass is 10.0. The molecular formula is C16H19N3. The Morgan fingerprint density at radius 2 is 2.00 bits per heavy atom. The minimum Gasteiger partial charge on any atom is -0.363 e. The van der Waals surface area contributed by atoms with Crippen LogP contribution in [0.4, 0.5) is 5.82 Å². The molecule has 1 aromatic heterocycles. The SMILES string of the molecule is CCC(Nc1ncnc2c1CCC2)c1ccccc1. The normalized spacial score (nSPS) is 15.0. The van der Waals surface area contributed by atoms with Crippen molar-refractivity contribution in [2.75, 3.05) is 5.32 Å². The third-order valence-corrected chi connectivity index (χ3v) is 3.80. The maximum atomic E-state index is 4.44. The van der Waals surface area contributed by atoms with E-state index in [-0.39, 0.29) is 0 Å². The Morgan fingerprint density at radius 3 is 2.79 bits per heavy atom. The number of nitrogens with one attached hydrogen (secondary N) is 1. The zero-order chi connectivity index (χ0) is 13.1. The predicted octanol–water partition coefficient (Wildman–Crippen LogP) is 3.53. The van der Waals surface area contributed by atoms with Gasteiger partial charge >= 0.3 is 0 Å². The molecule has 0 amide bonds. The number of anilines is 1. The number of nitrogens with zero attached hydrogens (tertiary/aromatic N) is 2. The molecule has 0 radical (unpaired) electrons. The van der Waals surface area contributed by atoms with Gasteiger partial charge in [0.2, 0.25) is 0 Å². The van der Waals surface area contributed by atoms with E-state index in [0.717, 1.165) is 25.1 Å². The lowest BCUT2D eigenvalue weighted by molar-refractivity contribution is 0.741. The van der Waals surface area contributed by atoms with Crippen molar-refractivity contribution in [2.45, 2.75) is 38.6 Å². The molecule has 0 aliphatic heterocycles. The van der Waals surface area contributed by atoms with Crippen LogP contribution in [0.1, 0.15) is 42.6 Å². The van der Waals surface area contributed by atoms with E-state index < -0.39 is 0 Å². The van der Waals surface area contributed by atoms with Crippen LogP contribution in [0.5, 0.6) is 0 Å². The molecule has 0 bridgehead atoms. The molecule has 3 rings (SSSR count). The van der Waals surface area contributed by atoms with Crippen molar-refractivity contribution < 1.29 is 0 Å². The van der Waals surface area contributed by atoms with Gasteiger partial charge in [-0.25, -0.2) is 9.97 Å². The van der Waals surface area contributed by atoms with E-state index in [0.29, 0.717) is 6.04 Å². The van der Waals surface area contributed by atoms with Gasteiger partial charge in [0, 0.05) is 11.3 Å². The molecule has 1 atom stereocenters. The Balaban J connectivity index is 1.86. The van der Waals surface area contributed by atoms with Crippen molar-refractivity contribution in [3.63, 3.8) is 0 Å². The number of benzene rings is 1. The first-order chi connectivity index (χ1) is 9.38. The predicted molar refractivity (Wildman–Crippen MR) is 77.2 cm³/mol. The zero-order valence-corrected chi connectivity index (χ0v) is 11.3. The van der Waals surface area contributed by atoms with Crippen molar-refractivity contribution >= 4 is 5.82 Å². The fourth-order valence-electron chi connectivity index (χ4n) is 2.76. The number of fused-ring (bicyclic) bond motifs is 1. The second-order valence-electron chi connectivity index (χ2n) is 5.02.